The minimum absolute atomic E-state index is 0.162. The molecule has 0 bridgehead atoms. The molecule has 3 rings (SSSR count). The molecule has 1 aromatic heterocycles. The van der Waals surface area contributed by atoms with E-state index < -0.39 is 23.6 Å². The highest BCUT2D eigenvalue weighted by Crippen LogP contribution is 2.24. The van der Waals surface area contributed by atoms with E-state index in [0.29, 0.717) is 13.0 Å². The average molecular weight is 538 g/mol. The fourth-order valence-corrected chi connectivity index (χ4v) is 4.48. The lowest BCUT2D eigenvalue weighted by molar-refractivity contribution is -0.136. The van der Waals surface area contributed by atoms with Gasteiger partial charge in [-0.3, -0.25) is 15.2 Å². The summed E-state index contributed by atoms with van der Waals surface area (Å²) in [4.78, 5) is 22.5. The highest BCUT2D eigenvalue weighted by atomic mass is 16.6. The van der Waals surface area contributed by atoms with Gasteiger partial charge in [-0.1, -0.05) is 56.7 Å². The predicted octanol–water partition coefficient (Wildman–Crippen LogP) is 3.48. The molecule has 5 N–H and O–H groups in total. The number of carbonyl (C=O) groups excluding carboxylic acids is 1. The molecule has 0 fully saturated rings. The number of methoxy groups -OCH3 is 1. The molecule has 39 heavy (non-hydrogen) atoms. The van der Waals surface area contributed by atoms with Crippen molar-refractivity contribution in [1.29, 1.82) is 0 Å². The van der Waals surface area contributed by atoms with Gasteiger partial charge in [-0.05, 0) is 53.2 Å². The van der Waals surface area contributed by atoms with E-state index in [0.717, 1.165) is 35.3 Å². The molecule has 0 aliphatic heterocycles. The minimum Gasteiger partial charge on any atom is -0.501 e. The van der Waals surface area contributed by atoms with Crippen LogP contribution in [0.2, 0.25) is 0 Å². The third-order valence-electron chi connectivity index (χ3n) is 6.83. The summed E-state index contributed by atoms with van der Waals surface area (Å²) < 4.78 is 5.30. The summed E-state index contributed by atoms with van der Waals surface area (Å²) in [6, 6.07) is 10.9. The highest BCUT2D eigenvalue weighted by Gasteiger charge is 2.33. The number of hydroxylamine groups is 1. The third kappa shape index (κ3) is 9.26. The van der Waals surface area contributed by atoms with E-state index >= 15 is 0 Å². The Morgan fingerprint density at radius 2 is 1.74 bits per heavy atom. The first-order chi connectivity index (χ1) is 18.6. The third-order valence-corrected chi connectivity index (χ3v) is 6.83. The first kappa shape index (κ1) is 30.5. The Morgan fingerprint density at radius 1 is 1.08 bits per heavy atom. The first-order valence-electron chi connectivity index (χ1n) is 13.3. The number of benzene rings is 1. The van der Waals surface area contributed by atoms with Crippen LogP contribution in [0.5, 0.6) is 0 Å². The van der Waals surface area contributed by atoms with Crippen molar-refractivity contribution in [3.05, 3.63) is 77.8 Å². The summed E-state index contributed by atoms with van der Waals surface area (Å²) >= 11 is 0. The molecule has 9 heteroatoms. The lowest BCUT2D eigenvalue weighted by Gasteiger charge is -2.34. The van der Waals surface area contributed by atoms with Gasteiger partial charge in [0.05, 0.1) is 26.1 Å². The monoisotopic (exact) mass is 537 g/mol. The maximum Gasteiger partial charge on any atom is 0.254 e. The number of nitrogens with one attached hydrogen (secondary N) is 2. The number of aliphatic hydroxyl groups is 1. The molecular weight excluding hydrogens is 494 g/mol. The van der Waals surface area contributed by atoms with E-state index in [1.807, 2.05) is 69.3 Å². The molecule has 0 radical (unpaired) electrons. The number of amides is 1. The predicted molar refractivity (Wildman–Crippen MR) is 153 cm³/mol. The summed E-state index contributed by atoms with van der Waals surface area (Å²) in [5.74, 6) is 0.681. The van der Waals surface area contributed by atoms with E-state index in [-0.39, 0.29) is 12.5 Å². The number of hydrogen-bond donors (Lipinski definition) is 4. The van der Waals surface area contributed by atoms with Crippen LogP contribution in [0, 0.1) is 5.41 Å². The normalized spacial score (nSPS) is 16.2. The number of hydrogen-bond acceptors (Lipinski definition) is 8. The molecule has 3 unspecified atom stereocenters. The van der Waals surface area contributed by atoms with Crippen molar-refractivity contribution in [2.24, 2.45) is 11.1 Å². The molecular formula is C30H43N5O4. The highest BCUT2D eigenvalue weighted by molar-refractivity contribution is 5.82. The van der Waals surface area contributed by atoms with E-state index in [9.17, 15) is 9.90 Å². The minimum atomic E-state index is -0.862. The molecule has 0 spiro atoms. The van der Waals surface area contributed by atoms with Crippen LogP contribution < -0.4 is 16.6 Å². The molecule has 1 heterocycles. The molecule has 1 aliphatic carbocycles. The summed E-state index contributed by atoms with van der Waals surface area (Å²) in [5, 5.41) is 12.8. The number of pyridine rings is 1. The van der Waals surface area contributed by atoms with Gasteiger partial charge >= 0.3 is 0 Å². The topological polar surface area (TPSA) is 122 Å². The number of carbonyl (C=O) groups is 1. The molecule has 2 aromatic rings. The quantitative estimate of drug-likeness (QED) is 0.287. The maximum atomic E-state index is 13.3. The number of nitrogens with two attached hydrogens (primary N) is 1. The van der Waals surface area contributed by atoms with Crippen molar-refractivity contribution in [3.63, 3.8) is 0 Å². The zero-order chi connectivity index (χ0) is 28.4. The Balaban J connectivity index is 1.74. The molecule has 0 saturated heterocycles. The van der Waals surface area contributed by atoms with Crippen LogP contribution in [-0.4, -0.2) is 60.0 Å². The van der Waals surface area contributed by atoms with Crippen LogP contribution in [0.3, 0.4) is 0 Å². The standard InChI is InChI=1S/C30H43N5O4/c1-30(2,3)28(34-39-5)29(37)33-35(19-22-6-10-23(11-7-22)24-14-16-32-17-15-24)20-27(36)26(31)18-21-8-12-25(38-4)13-9-21/h6-8,10-12,14-17,26-28,34,36H,9,13,18-20,31H2,1-5H3,(H,33,37). The van der Waals surface area contributed by atoms with Crippen LogP contribution in [0.1, 0.15) is 45.6 Å². The largest absolute Gasteiger partial charge is 0.501 e. The van der Waals surface area contributed by atoms with Crippen molar-refractivity contribution in [3.8, 4) is 11.1 Å². The van der Waals surface area contributed by atoms with Gasteiger partial charge in [0.15, 0.2) is 0 Å². The number of rotatable bonds is 13. The fraction of sp³-hybridized carbons (Fsp3) is 0.467. The van der Waals surface area contributed by atoms with Crippen LogP contribution in [0.15, 0.2) is 72.3 Å². The van der Waals surface area contributed by atoms with Gasteiger partial charge in [0, 0.05) is 37.9 Å². The smallest absolute Gasteiger partial charge is 0.254 e. The molecule has 9 nitrogen and oxygen atoms in total. The van der Waals surface area contributed by atoms with Gasteiger partial charge in [-0.25, -0.2) is 5.01 Å². The molecule has 212 valence electrons. The van der Waals surface area contributed by atoms with E-state index in [1.165, 1.54) is 12.7 Å². The number of allylic oxidation sites excluding steroid dienone is 3. The van der Waals surface area contributed by atoms with Crippen LogP contribution in [-0.2, 0) is 20.9 Å². The zero-order valence-electron chi connectivity index (χ0n) is 23.7. The second-order valence-corrected chi connectivity index (χ2v) is 11.0. The number of aromatic nitrogens is 1. The zero-order valence-corrected chi connectivity index (χ0v) is 23.7. The van der Waals surface area contributed by atoms with Crippen molar-refractivity contribution >= 4 is 5.91 Å². The Kier molecular flexibility index (Phi) is 11.2. The van der Waals surface area contributed by atoms with Crippen LogP contribution >= 0.6 is 0 Å². The number of aliphatic hydroxyl groups excluding tert-OH is 1. The van der Waals surface area contributed by atoms with Crippen molar-refractivity contribution in [2.75, 3.05) is 20.8 Å². The molecule has 1 aliphatic rings. The van der Waals surface area contributed by atoms with Crippen molar-refractivity contribution in [2.45, 2.75) is 64.8 Å². The SMILES string of the molecule is CONC(C(=O)NN(Cc1ccc(-c2ccncc2)cc1)CC(O)C(N)CC1=CC=C(OC)CC1)C(C)(C)C. The van der Waals surface area contributed by atoms with Gasteiger partial charge in [-0.15, -0.1) is 0 Å². The Hall–Kier alpha value is -3.08. The summed E-state index contributed by atoms with van der Waals surface area (Å²) in [6.45, 7) is 6.42. The molecule has 1 amide bonds. The summed E-state index contributed by atoms with van der Waals surface area (Å²) in [5.41, 5.74) is 16.1. The van der Waals surface area contributed by atoms with Crippen LogP contribution in [0.25, 0.3) is 11.1 Å². The molecule has 0 saturated carbocycles. The Morgan fingerprint density at radius 3 is 2.31 bits per heavy atom. The lowest BCUT2D eigenvalue weighted by Crippen LogP contribution is -2.57. The first-order valence-corrected chi connectivity index (χ1v) is 13.3. The second-order valence-electron chi connectivity index (χ2n) is 11.0. The van der Waals surface area contributed by atoms with E-state index in [4.69, 9.17) is 15.3 Å². The van der Waals surface area contributed by atoms with E-state index in [2.05, 4.69) is 15.9 Å². The average Bonchev–Trinajstić information content (AvgIpc) is 2.92. The van der Waals surface area contributed by atoms with Crippen LogP contribution in [0.4, 0.5) is 0 Å². The Labute approximate surface area is 232 Å². The van der Waals surface area contributed by atoms with Gasteiger partial charge in [-0.2, -0.15) is 5.48 Å². The summed E-state index contributed by atoms with van der Waals surface area (Å²) in [7, 11) is 3.16. The fourth-order valence-electron chi connectivity index (χ4n) is 4.48. The van der Waals surface area contributed by atoms with Crippen molar-refractivity contribution in [1.82, 2.24) is 20.9 Å². The van der Waals surface area contributed by atoms with Crippen molar-refractivity contribution < 1.29 is 19.5 Å². The van der Waals surface area contributed by atoms with Gasteiger partial charge < -0.3 is 20.4 Å². The summed E-state index contributed by atoms with van der Waals surface area (Å²) in [6.07, 6.45) is 8.87. The van der Waals surface area contributed by atoms with Gasteiger partial charge in [0.2, 0.25) is 0 Å². The lowest BCUT2D eigenvalue weighted by atomic mass is 9.87. The van der Waals surface area contributed by atoms with E-state index in [1.54, 1.807) is 24.5 Å². The number of hydrazine groups is 1. The second kappa shape index (κ2) is 14.3. The maximum absolute atomic E-state index is 13.3. The Bertz CT molecular complexity index is 1110. The molecule has 1 aromatic carbocycles. The number of ether oxygens (including phenoxy) is 1. The molecule has 3 atom stereocenters. The van der Waals surface area contributed by atoms with Gasteiger partial charge in [0.25, 0.3) is 5.91 Å². The number of nitrogens with zero attached hydrogens (tertiary/aromatic N) is 2. The van der Waals surface area contributed by atoms with Gasteiger partial charge in [0.1, 0.15) is 6.04 Å².